The highest BCUT2D eigenvalue weighted by Gasteiger charge is 2.08. The van der Waals surface area contributed by atoms with Gasteiger partial charge in [0.1, 0.15) is 5.82 Å². The fourth-order valence-corrected chi connectivity index (χ4v) is 1.09. The summed E-state index contributed by atoms with van der Waals surface area (Å²) in [5, 5.41) is 3.14. The number of rotatable bonds is 3. The summed E-state index contributed by atoms with van der Waals surface area (Å²) in [5.74, 6) is -0.300. The Morgan fingerprint density at radius 3 is 2.64 bits per heavy atom. The summed E-state index contributed by atoms with van der Waals surface area (Å²) in [5.41, 5.74) is 1.04. The molecule has 2 nitrogen and oxygen atoms in total. The van der Waals surface area contributed by atoms with Crippen LogP contribution in [0.15, 0.2) is 18.5 Å². The van der Waals surface area contributed by atoms with Gasteiger partial charge in [-0.3, -0.25) is 4.98 Å². The van der Waals surface area contributed by atoms with Gasteiger partial charge in [0.25, 0.3) is 0 Å². The number of hydrogen-bond donors (Lipinski definition) is 1. The maximum atomic E-state index is 12.7. The van der Waals surface area contributed by atoms with Gasteiger partial charge in [-0.1, -0.05) is 20.8 Å². The quantitative estimate of drug-likeness (QED) is 0.803. The molecule has 0 bridgehead atoms. The molecule has 0 amide bonds. The van der Waals surface area contributed by atoms with Crippen molar-refractivity contribution in [3.63, 3.8) is 0 Å². The maximum absolute atomic E-state index is 12.7. The maximum Gasteiger partial charge on any atom is 0.143 e. The average molecular weight is 196 g/mol. The third-order valence-electron chi connectivity index (χ3n) is 1.91. The number of aromatic nitrogens is 1. The number of halogens is 1. The van der Waals surface area contributed by atoms with Crippen LogP contribution in [0.5, 0.6) is 0 Å². The van der Waals surface area contributed by atoms with Crippen LogP contribution in [0, 0.1) is 11.2 Å². The van der Waals surface area contributed by atoms with Crippen LogP contribution in [0.25, 0.3) is 0 Å². The van der Waals surface area contributed by atoms with Crippen LogP contribution in [-0.2, 0) is 0 Å². The van der Waals surface area contributed by atoms with Crippen LogP contribution in [0.1, 0.15) is 27.2 Å². The first-order chi connectivity index (χ1) is 6.47. The molecule has 14 heavy (non-hydrogen) atoms. The van der Waals surface area contributed by atoms with Gasteiger partial charge >= 0.3 is 0 Å². The average Bonchev–Trinajstić information content (AvgIpc) is 2.01. The summed E-state index contributed by atoms with van der Waals surface area (Å²) in [6.45, 7) is 7.38. The lowest BCUT2D eigenvalue weighted by Crippen LogP contribution is -2.12. The second-order valence-electron chi connectivity index (χ2n) is 4.63. The van der Waals surface area contributed by atoms with Crippen molar-refractivity contribution in [1.29, 1.82) is 0 Å². The fraction of sp³-hybridized carbons (Fsp3) is 0.545. The zero-order chi connectivity index (χ0) is 10.6. The Bertz CT molecular complexity index is 292. The number of pyridine rings is 1. The zero-order valence-corrected chi connectivity index (χ0v) is 8.97. The minimum absolute atomic E-state index is 0.299. The summed E-state index contributed by atoms with van der Waals surface area (Å²) < 4.78 is 12.7. The molecule has 1 aromatic rings. The van der Waals surface area contributed by atoms with E-state index in [0.29, 0.717) is 5.41 Å². The van der Waals surface area contributed by atoms with Gasteiger partial charge in [0.15, 0.2) is 0 Å². The molecule has 0 spiro atoms. The molecule has 0 saturated heterocycles. The normalized spacial score (nSPS) is 11.4. The topological polar surface area (TPSA) is 24.9 Å². The molecule has 1 heterocycles. The van der Waals surface area contributed by atoms with Gasteiger partial charge in [0.2, 0.25) is 0 Å². The van der Waals surface area contributed by atoms with Gasteiger partial charge in [-0.25, -0.2) is 4.39 Å². The van der Waals surface area contributed by atoms with E-state index in [1.165, 1.54) is 12.3 Å². The molecule has 0 atom stereocenters. The van der Waals surface area contributed by atoms with E-state index >= 15 is 0 Å². The molecule has 0 unspecified atom stereocenters. The minimum atomic E-state index is -0.300. The molecule has 78 valence electrons. The second-order valence-corrected chi connectivity index (χ2v) is 4.63. The third kappa shape index (κ3) is 4.21. The number of hydrogen-bond acceptors (Lipinski definition) is 2. The first-order valence-corrected chi connectivity index (χ1v) is 4.82. The third-order valence-corrected chi connectivity index (χ3v) is 1.91. The Hall–Kier alpha value is -1.12. The van der Waals surface area contributed by atoms with Gasteiger partial charge < -0.3 is 5.32 Å². The molecule has 0 aliphatic heterocycles. The lowest BCUT2D eigenvalue weighted by molar-refractivity contribution is 0.390. The second kappa shape index (κ2) is 4.40. The van der Waals surface area contributed by atoms with E-state index in [1.807, 2.05) is 0 Å². The van der Waals surface area contributed by atoms with Gasteiger partial charge in [-0.15, -0.1) is 0 Å². The highest BCUT2D eigenvalue weighted by Crippen LogP contribution is 2.18. The zero-order valence-electron chi connectivity index (χ0n) is 8.97. The van der Waals surface area contributed by atoms with Crippen molar-refractivity contribution in [3.8, 4) is 0 Å². The number of nitrogens with one attached hydrogen (secondary N) is 1. The Morgan fingerprint density at radius 1 is 1.36 bits per heavy atom. The van der Waals surface area contributed by atoms with Crippen molar-refractivity contribution in [2.75, 3.05) is 11.9 Å². The fourth-order valence-electron chi connectivity index (χ4n) is 1.09. The molecule has 0 fully saturated rings. The number of anilines is 1. The predicted molar refractivity (Wildman–Crippen MR) is 56.8 cm³/mol. The summed E-state index contributed by atoms with van der Waals surface area (Å²) in [4.78, 5) is 3.76. The van der Waals surface area contributed by atoms with Crippen LogP contribution in [-0.4, -0.2) is 11.5 Å². The van der Waals surface area contributed by atoms with Crippen molar-refractivity contribution in [1.82, 2.24) is 4.98 Å². The summed E-state index contributed by atoms with van der Waals surface area (Å²) in [7, 11) is 0. The molecular weight excluding hydrogens is 179 g/mol. The monoisotopic (exact) mass is 196 g/mol. The van der Waals surface area contributed by atoms with Crippen LogP contribution in [0.4, 0.5) is 10.1 Å². The molecule has 1 N–H and O–H groups in total. The van der Waals surface area contributed by atoms with E-state index in [2.05, 4.69) is 31.1 Å². The largest absolute Gasteiger partial charge is 0.384 e. The highest BCUT2D eigenvalue weighted by atomic mass is 19.1. The van der Waals surface area contributed by atoms with E-state index in [1.54, 1.807) is 6.20 Å². The van der Waals surface area contributed by atoms with Crippen molar-refractivity contribution < 1.29 is 4.39 Å². The Balaban J connectivity index is 2.39. The van der Waals surface area contributed by atoms with Gasteiger partial charge in [-0.2, -0.15) is 0 Å². The van der Waals surface area contributed by atoms with Crippen molar-refractivity contribution >= 4 is 5.69 Å². The summed E-state index contributed by atoms with van der Waals surface area (Å²) in [6, 6.07) is 1.45. The van der Waals surface area contributed by atoms with E-state index < -0.39 is 0 Å². The summed E-state index contributed by atoms with van der Waals surface area (Å²) in [6.07, 6.45) is 3.88. The highest BCUT2D eigenvalue weighted by molar-refractivity contribution is 5.39. The van der Waals surface area contributed by atoms with Gasteiger partial charge in [0.05, 0.1) is 18.1 Å². The molecule has 0 aliphatic carbocycles. The molecular formula is C11H17FN2. The van der Waals surface area contributed by atoms with Gasteiger partial charge in [-0.05, 0) is 11.8 Å². The number of nitrogens with zero attached hydrogens (tertiary/aromatic N) is 1. The molecule has 0 radical (unpaired) electrons. The smallest absolute Gasteiger partial charge is 0.143 e. The molecule has 1 aromatic heterocycles. The van der Waals surface area contributed by atoms with Crippen molar-refractivity contribution in [3.05, 3.63) is 24.3 Å². The molecule has 0 aliphatic rings. The molecule has 3 heteroatoms. The van der Waals surface area contributed by atoms with E-state index in [9.17, 15) is 4.39 Å². The SMILES string of the molecule is CC(C)(C)CCNc1cncc(F)c1. The molecule has 0 aromatic carbocycles. The Labute approximate surface area is 84.6 Å². The van der Waals surface area contributed by atoms with E-state index in [4.69, 9.17) is 0 Å². The van der Waals surface area contributed by atoms with Crippen LogP contribution in [0.3, 0.4) is 0 Å². The van der Waals surface area contributed by atoms with Gasteiger partial charge in [0, 0.05) is 12.6 Å². The lowest BCUT2D eigenvalue weighted by atomic mass is 9.92. The summed E-state index contributed by atoms with van der Waals surface area (Å²) >= 11 is 0. The standard InChI is InChI=1S/C11H17FN2/c1-11(2,3)4-5-14-10-6-9(12)7-13-8-10/h6-8,14H,4-5H2,1-3H3. The predicted octanol–water partition coefficient (Wildman–Crippen LogP) is 3.07. The minimum Gasteiger partial charge on any atom is -0.384 e. The molecule has 1 rings (SSSR count). The first-order valence-electron chi connectivity index (χ1n) is 4.82. The Kier molecular flexibility index (Phi) is 3.44. The molecule has 0 saturated carbocycles. The van der Waals surface area contributed by atoms with Crippen LogP contribution < -0.4 is 5.32 Å². The van der Waals surface area contributed by atoms with E-state index in [-0.39, 0.29) is 5.82 Å². The van der Waals surface area contributed by atoms with E-state index in [0.717, 1.165) is 18.7 Å². The first kappa shape index (κ1) is 11.0. The van der Waals surface area contributed by atoms with Crippen LogP contribution >= 0.6 is 0 Å². The van der Waals surface area contributed by atoms with Crippen LogP contribution in [0.2, 0.25) is 0 Å². The Morgan fingerprint density at radius 2 is 2.07 bits per heavy atom. The van der Waals surface area contributed by atoms with Crippen molar-refractivity contribution in [2.45, 2.75) is 27.2 Å². The van der Waals surface area contributed by atoms with Crippen molar-refractivity contribution in [2.24, 2.45) is 5.41 Å². The lowest BCUT2D eigenvalue weighted by Gasteiger charge is -2.18.